The van der Waals surface area contributed by atoms with Crippen LogP contribution in [0.1, 0.15) is 43.7 Å². The van der Waals surface area contributed by atoms with Crippen LogP contribution in [0.3, 0.4) is 0 Å². The number of aliphatic carboxylic acids is 1. The van der Waals surface area contributed by atoms with E-state index in [-0.39, 0.29) is 23.9 Å². The van der Waals surface area contributed by atoms with E-state index in [1.807, 2.05) is 13.8 Å². The summed E-state index contributed by atoms with van der Waals surface area (Å²) in [5, 5.41) is 40.4. The minimum Gasteiger partial charge on any atom is -0.550 e. The molecule has 2 unspecified atom stereocenters. The Labute approximate surface area is 163 Å². The Hall–Kier alpha value is -2.70. The van der Waals surface area contributed by atoms with Crippen molar-refractivity contribution in [3.63, 3.8) is 0 Å². The number of aromatic hydroxyl groups is 1. The third kappa shape index (κ3) is 5.90. The van der Waals surface area contributed by atoms with Gasteiger partial charge in [-0.25, -0.2) is 4.39 Å². The zero-order valence-electron chi connectivity index (χ0n) is 15.8. The maximum Gasteiger partial charge on any atom is 0.123 e. The largest absolute Gasteiger partial charge is 0.550 e. The van der Waals surface area contributed by atoms with E-state index in [9.17, 15) is 29.6 Å². The van der Waals surface area contributed by atoms with Crippen molar-refractivity contribution in [3.8, 4) is 16.9 Å². The van der Waals surface area contributed by atoms with Crippen LogP contribution in [-0.2, 0) is 4.79 Å². The van der Waals surface area contributed by atoms with Gasteiger partial charge in [0, 0.05) is 18.8 Å². The third-order valence-corrected chi connectivity index (χ3v) is 4.37. The number of halogens is 1. The molecule has 0 aliphatic carbocycles. The lowest BCUT2D eigenvalue weighted by Gasteiger charge is -2.17. The molecule has 0 radical (unpaired) electrons. The van der Waals surface area contributed by atoms with Crippen molar-refractivity contribution < 1.29 is 29.6 Å². The van der Waals surface area contributed by atoms with Gasteiger partial charge in [0.25, 0.3) is 0 Å². The number of phenols is 1. The second-order valence-electron chi connectivity index (χ2n) is 7.05. The van der Waals surface area contributed by atoms with E-state index in [2.05, 4.69) is 0 Å². The minimum absolute atomic E-state index is 0.0618. The Balaban J connectivity index is 2.40. The normalized spacial score (nSPS) is 13.8. The molecule has 0 aliphatic heterocycles. The molecule has 6 heteroatoms. The summed E-state index contributed by atoms with van der Waals surface area (Å²) in [6.45, 7) is 3.92. The summed E-state index contributed by atoms with van der Waals surface area (Å²) in [5.41, 5.74) is 2.94. The van der Waals surface area contributed by atoms with Crippen LogP contribution in [0.4, 0.5) is 4.39 Å². The summed E-state index contributed by atoms with van der Waals surface area (Å²) in [6.07, 6.45) is 0.149. The molecule has 0 aromatic heterocycles. The molecule has 0 amide bonds. The molecule has 2 atom stereocenters. The molecule has 0 bridgehead atoms. The van der Waals surface area contributed by atoms with Crippen LogP contribution in [-0.4, -0.2) is 33.5 Å². The van der Waals surface area contributed by atoms with Crippen LogP contribution >= 0.6 is 0 Å². The maximum atomic E-state index is 13.3. The number of hydrogen-bond acceptors (Lipinski definition) is 5. The zero-order chi connectivity index (χ0) is 20.8. The predicted molar refractivity (Wildman–Crippen MR) is 103 cm³/mol. The smallest absolute Gasteiger partial charge is 0.123 e. The van der Waals surface area contributed by atoms with E-state index < -0.39 is 24.6 Å². The van der Waals surface area contributed by atoms with Crippen LogP contribution in [0.15, 0.2) is 42.5 Å². The molecule has 2 rings (SSSR count). The number of aliphatic hydroxyl groups is 2. The molecule has 0 heterocycles. The third-order valence-electron chi connectivity index (χ3n) is 4.37. The van der Waals surface area contributed by atoms with Crippen LogP contribution in [0.25, 0.3) is 17.2 Å². The van der Waals surface area contributed by atoms with E-state index in [1.165, 1.54) is 18.2 Å². The molecule has 28 heavy (non-hydrogen) atoms. The predicted octanol–water partition coefficient (Wildman–Crippen LogP) is 2.59. The van der Waals surface area contributed by atoms with Crippen molar-refractivity contribution in [1.82, 2.24) is 0 Å². The number of aliphatic hydroxyl groups excluding tert-OH is 2. The fourth-order valence-corrected chi connectivity index (χ4v) is 3.03. The quantitative estimate of drug-likeness (QED) is 0.646. The van der Waals surface area contributed by atoms with Crippen molar-refractivity contribution in [3.05, 3.63) is 59.4 Å². The van der Waals surface area contributed by atoms with Gasteiger partial charge in [0.2, 0.25) is 0 Å². The number of carboxylic acids is 1. The minimum atomic E-state index is -1.39. The maximum absolute atomic E-state index is 13.3. The van der Waals surface area contributed by atoms with Gasteiger partial charge in [-0.05, 0) is 52.4 Å². The highest BCUT2D eigenvalue weighted by molar-refractivity contribution is 5.79. The Morgan fingerprint density at radius 3 is 2.39 bits per heavy atom. The highest BCUT2D eigenvalue weighted by atomic mass is 19.1. The highest BCUT2D eigenvalue weighted by Gasteiger charge is 2.15. The van der Waals surface area contributed by atoms with E-state index in [0.29, 0.717) is 11.1 Å². The average Bonchev–Trinajstić information content (AvgIpc) is 2.59. The van der Waals surface area contributed by atoms with Gasteiger partial charge in [0.1, 0.15) is 11.6 Å². The first-order valence-corrected chi connectivity index (χ1v) is 9.04. The van der Waals surface area contributed by atoms with Crippen molar-refractivity contribution in [2.24, 2.45) is 0 Å². The summed E-state index contributed by atoms with van der Waals surface area (Å²) < 4.78 is 13.3. The second kappa shape index (κ2) is 9.48. The SMILES string of the molecule is CC(C)c1cc(O)cc(-c2ccc(F)cc2)c1/C=C/C(O)CC(O)CC(=O)[O-]. The van der Waals surface area contributed by atoms with Crippen LogP contribution < -0.4 is 5.11 Å². The van der Waals surface area contributed by atoms with Crippen LogP contribution in [0, 0.1) is 5.82 Å². The number of rotatable bonds is 8. The highest BCUT2D eigenvalue weighted by Crippen LogP contribution is 2.35. The van der Waals surface area contributed by atoms with Gasteiger partial charge in [-0.1, -0.05) is 38.1 Å². The molecule has 0 saturated heterocycles. The van der Waals surface area contributed by atoms with Gasteiger partial charge in [0.15, 0.2) is 0 Å². The Morgan fingerprint density at radius 1 is 1.18 bits per heavy atom. The fourth-order valence-electron chi connectivity index (χ4n) is 3.03. The Kier molecular flexibility index (Phi) is 7.31. The topological polar surface area (TPSA) is 101 Å². The van der Waals surface area contributed by atoms with E-state index in [4.69, 9.17) is 0 Å². The summed E-state index contributed by atoms with van der Waals surface area (Å²) in [5.74, 6) is -1.62. The fraction of sp³-hybridized carbons (Fsp3) is 0.318. The lowest BCUT2D eigenvalue weighted by Crippen LogP contribution is -2.29. The number of carbonyl (C=O) groups excluding carboxylic acids is 1. The summed E-state index contributed by atoms with van der Waals surface area (Å²) in [4.78, 5) is 10.5. The first-order valence-electron chi connectivity index (χ1n) is 9.04. The molecular weight excluding hydrogens is 363 g/mol. The van der Waals surface area contributed by atoms with Gasteiger partial charge in [-0.3, -0.25) is 0 Å². The monoisotopic (exact) mass is 387 g/mol. The van der Waals surface area contributed by atoms with Gasteiger partial charge < -0.3 is 25.2 Å². The van der Waals surface area contributed by atoms with Crippen molar-refractivity contribution >= 4 is 12.0 Å². The number of phenolic OH excluding ortho intramolecular Hbond substituents is 1. The zero-order valence-corrected chi connectivity index (χ0v) is 15.8. The molecule has 0 aliphatic rings. The molecule has 2 aromatic rings. The first-order chi connectivity index (χ1) is 13.2. The molecule has 150 valence electrons. The molecule has 0 fully saturated rings. The standard InChI is InChI=1S/C22H25FO5/c1-13(2)20-10-18(26)11-21(14-3-5-15(23)6-4-14)19(20)8-7-16(24)9-17(25)12-22(27)28/h3-8,10-11,13,16-17,24-26H,9,12H2,1-2H3,(H,27,28)/p-1/b8-7+. The van der Waals surface area contributed by atoms with Crippen molar-refractivity contribution in [1.29, 1.82) is 0 Å². The van der Waals surface area contributed by atoms with E-state index in [0.717, 1.165) is 11.1 Å². The molecular formula is C22H24FO5-. The molecule has 2 aromatic carbocycles. The van der Waals surface area contributed by atoms with Crippen molar-refractivity contribution in [2.75, 3.05) is 0 Å². The van der Waals surface area contributed by atoms with Gasteiger partial charge >= 0.3 is 0 Å². The molecule has 5 nitrogen and oxygen atoms in total. The number of carbonyl (C=O) groups is 1. The number of hydrogen-bond donors (Lipinski definition) is 3. The van der Waals surface area contributed by atoms with Crippen molar-refractivity contribution in [2.45, 2.75) is 44.8 Å². The molecule has 3 N–H and O–H groups in total. The number of benzene rings is 2. The Bertz CT molecular complexity index is 843. The van der Waals surface area contributed by atoms with Gasteiger partial charge in [0.05, 0.1) is 12.2 Å². The van der Waals surface area contributed by atoms with Crippen LogP contribution in [0.5, 0.6) is 5.75 Å². The van der Waals surface area contributed by atoms with Gasteiger partial charge in [-0.2, -0.15) is 0 Å². The summed E-state index contributed by atoms with van der Waals surface area (Å²) >= 11 is 0. The lowest BCUT2D eigenvalue weighted by atomic mass is 9.89. The molecule has 0 spiro atoms. The molecule has 0 saturated carbocycles. The lowest BCUT2D eigenvalue weighted by molar-refractivity contribution is -0.307. The second-order valence-corrected chi connectivity index (χ2v) is 7.05. The number of carboxylic acid groups (broad SMARTS) is 1. The van der Waals surface area contributed by atoms with E-state index in [1.54, 1.807) is 30.3 Å². The summed E-state index contributed by atoms with van der Waals surface area (Å²) in [6, 6.07) is 9.06. The van der Waals surface area contributed by atoms with Gasteiger partial charge in [-0.15, -0.1) is 0 Å². The van der Waals surface area contributed by atoms with Crippen LogP contribution in [0.2, 0.25) is 0 Å². The summed E-state index contributed by atoms with van der Waals surface area (Å²) in [7, 11) is 0. The average molecular weight is 387 g/mol. The Morgan fingerprint density at radius 2 is 1.82 bits per heavy atom. The first kappa shape index (κ1) is 21.6. The van der Waals surface area contributed by atoms with E-state index >= 15 is 0 Å².